The highest BCUT2D eigenvalue weighted by Gasteiger charge is 2.21. The van der Waals surface area contributed by atoms with E-state index in [4.69, 9.17) is 21.7 Å². The summed E-state index contributed by atoms with van der Waals surface area (Å²) in [6, 6.07) is 14.3. The Labute approximate surface area is 163 Å². The minimum Gasteiger partial charge on any atom is -0.493 e. The summed E-state index contributed by atoms with van der Waals surface area (Å²) in [5.41, 5.74) is 3.60. The van der Waals surface area contributed by atoms with Crippen LogP contribution in [0.4, 0.5) is 0 Å². The summed E-state index contributed by atoms with van der Waals surface area (Å²) in [6.45, 7) is 2.51. The van der Waals surface area contributed by atoms with Gasteiger partial charge in [0.1, 0.15) is 5.82 Å². The molecule has 0 bridgehead atoms. The number of hydrogen-bond donors (Lipinski definition) is 1. The third-order valence-corrected chi connectivity index (χ3v) is 5.19. The molecule has 1 N–H and O–H groups in total. The number of methoxy groups -OCH3 is 2. The zero-order valence-corrected chi connectivity index (χ0v) is 16.3. The van der Waals surface area contributed by atoms with Crippen LogP contribution in [0.1, 0.15) is 17.0 Å². The van der Waals surface area contributed by atoms with Crippen molar-refractivity contribution >= 4 is 12.2 Å². The Balaban J connectivity index is 1.59. The molecule has 1 aromatic heterocycles. The molecule has 0 amide bonds. The lowest BCUT2D eigenvalue weighted by Crippen LogP contribution is -2.31. The molecule has 1 aliphatic rings. The third kappa shape index (κ3) is 3.48. The van der Waals surface area contributed by atoms with Crippen molar-refractivity contribution in [1.29, 1.82) is 0 Å². The molecular weight excluding hydrogens is 360 g/mol. The molecular formula is C20H22N4O2S. The van der Waals surface area contributed by atoms with E-state index in [0.29, 0.717) is 4.77 Å². The molecule has 0 radical (unpaired) electrons. The van der Waals surface area contributed by atoms with Gasteiger partial charge in [-0.25, -0.2) is 0 Å². The molecule has 7 heteroatoms. The van der Waals surface area contributed by atoms with E-state index in [1.54, 1.807) is 14.2 Å². The zero-order chi connectivity index (χ0) is 18.8. The molecule has 0 unspecified atom stereocenters. The highest BCUT2D eigenvalue weighted by atomic mass is 32.1. The summed E-state index contributed by atoms with van der Waals surface area (Å²) in [5.74, 6) is 2.47. The van der Waals surface area contributed by atoms with Gasteiger partial charge in [0.25, 0.3) is 0 Å². The maximum atomic E-state index is 5.46. The minimum atomic E-state index is 0.611. The topological polar surface area (TPSA) is 55.3 Å². The predicted molar refractivity (Wildman–Crippen MR) is 106 cm³/mol. The second-order valence-electron chi connectivity index (χ2n) is 6.55. The molecule has 2 aromatic carbocycles. The van der Waals surface area contributed by atoms with E-state index in [1.165, 1.54) is 11.1 Å². The van der Waals surface area contributed by atoms with E-state index < -0.39 is 0 Å². The normalized spacial score (nSPS) is 14.0. The Morgan fingerprint density at radius 2 is 1.78 bits per heavy atom. The summed E-state index contributed by atoms with van der Waals surface area (Å²) in [7, 11) is 3.34. The number of fused-ring (bicyclic) bond motifs is 1. The van der Waals surface area contributed by atoms with Gasteiger partial charge < -0.3 is 9.47 Å². The zero-order valence-electron chi connectivity index (χ0n) is 15.4. The van der Waals surface area contributed by atoms with Crippen LogP contribution in [0, 0.1) is 4.77 Å². The number of aromatic nitrogens is 3. The Bertz CT molecular complexity index is 997. The van der Waals surface area contributed by atoms with Gasteiger partial charge in [-0.1, -0.05) is 18.2 Å². The Morgan fingerprint density at radius 1 is 1.07 bits per heavy atom. The fourth-order valence-electron chi connectivity index (χ4n) is 3.56. The Kier molecular flexibility index (Phi) is 4.96. The monoisotopic (exact) mass is 382 g/mol. The fourth-order valence-corrected chi connectivity index (χ4v) is 3.81. The molecule has 0 atom stereocenters. The van der Waals surface area contributed by atoms with Crippen LogP contribution < -0.4 is 9.47 Å². The summed E-state index contributed by atoms with van der Waals surface area (Å²) in [4.78, 5) is 2.37. The fraction of sp³-hybridized carbons (Fsp3) is 0.300. The third-order valence-electron chi connectivity index (χ3n) is 4.92. The van der Waals surface area contributed by atoms with Gasteiger partial charge >= 0.3 is 0 Å². The van der Waals surface area contributed by atoms with E-state index >= 15 is 0 Å². The molecule has 0 spiro atoms. The van der Waals surface area contributed by atoms with Gasteiger partial charge in [0.05, 0.1) is 20.8 Å². The second kappa shape index (κ2) is 7.54. The van der Waals surface area contributed by atoms with Crippen LogP contribution in [-0.4, -0.2) is 40.4 Å². The summed E-state index contributed by atoms with van der Waals surface area (Å²) in [6.07, 6.45) is 0.964. The van der Waals surface area contributed by atoms with Crippen molar-refractivity contribution in [2.75, 3.05) is 20.8 Å². The van der Waals surface area contributed by atoms with E-state index in [2.05, 4.69) is 27.2 Å². The van der Waals surface area contributed by atoms with Crippen LogP contribution >= 0.6 is 12.2 Å². The van der Waals surface area contributed by atoms with Crippen LogP contribution in [-0.2, 0) is 19.5 Å². The van der Waals surface area contributed by atoms with Gasteiger partial charge in [-0.05, 0) is 54.0 Å². The molecule has 0 saturated heterocycles. The molecule has 6 nitrogen and oxygen atoms in total. The van der Waals surface area contributed by atoms with Gasteiger partial charge in [0, 0.05) is 18.8 Å². The molecule has 140 valence electrons. The smallest absolute Gasteiger partial charge is 0.199 e. The molecule has 2 heterocycles. The highest BCUT2D eigenvalue weighted by Crippen LogP contribution is 2.33. The molecule has 3 aromatic rings. The van der Waals surface area contributed by atoms with Crippen LogP contribution in [0.2, 0.25) is 0 Å². The van der Waals surface area contributed by atoms with Crippen LogP contribution in [0.25, 0.3) is 5.69 Å². The van der Waals surface area contributed by atoms with E-state index in [0.717, 1.165) is 49.1 Å². The number of para-hydroxylation sites is 1. The lowest BCUT2D eigenvalue weighted by molar-refractivity contribution is 0.236. The highest BCUT2D eigenvalue weighted by molar-refractivity contribution is 7.71. The van der Waals surface area contributed by atoms with Crippen molar-refractivity contribution in [1.82, 2.24) is 19.7 Å². The van der Waals surface area contributed by atoms with Crippen molar-refractivity contribution in [3.05, 3.63) is 64.2 Å². The number of aromatic amines is 1. The summed E-state index contributed by atoms with van der Waals surface area (Å²) in [5, 5.41) is 7.39. The van der Waals surface area contributed by atoms with E-state index in [-0.39, 0.29) is 0 Å². The lowest BCUT2D eigenvalue weighted by Gasteiger charge is -2.29. The van der Waals surface area contributed by atoms with E-state index in [9.17, 15) is 0 Å². The minimum absolute atomic E-state index is 0.611. The van der Waals surface area contributed by atoms with Crippen molar-refractivity contribution in [2.45, 2.75) is 19.5 Å². The van der Waals surface area contributed by atoms with Gasteiger partial charge in [-0.3, -0.25) is 14.6 Å². The number of ether oxygens (including phenoxy) is 2. The first-order chi connectivity index (χ1) is 13.2. The number of rotatable bonds is 5. The number of nitrogens with zero attached hydrogens (tertiary/aromatic N) is 3. The first kappa shape index (κ1) is 17.8. The van der Waals surface area contributed by atoms with Crippen molar-refractivity contribution in [3.63, 3.8) is 0 Å². The van der Waals surface area contributed by atoms with Crippen molar-refractivity contribution in [2.24, 2.45) is 0 Å². The van der Waals surface area contributed by atoms with Gasteiger partial charge in [0.2, 0.25) is 0 Å². The second-order valence-corrected chi connectivity index (χ2v) is 6.94. The van der Waals surface area contributed by atoms with Gasteiger partial charge in [-0.2, -0.15) is 5.10 Å². The predicted octanol–water partition coefficient (Wildman–Crippen LogP) is 3.51. The largest absolute Gasteiger partial charge is 0.493 e. The van der Waals surface area contributed by atoms with Crippen molar-refractivity contribution < 1.29 is 9.47 Å². The summed E-state index contributed by atoms with van der Waals surface area (Å²) >= 11 is 5.44. The van der Waals surface area contributed by atoms with Crippen molar-refractivity contribution in [3.8, 4) is 17.2 Å². The molecule has 0 saturated carbocycles. The first-order valence-corrected chi connectivity index (χ1v) is 9.28. The molecule has 0 aliphatic carbocycles. The van der Waals surface area contributed by atoms with Gasteiger partial charge in [0.15, 0.2) is 16.3 Å². The number of benzene rings is 2. The maximum absolute atomic E-state index is 5.46. The number of hydrogen-bond acceptors (Lipinski definition) is 5. The van der Waals surface area contributed by atoms with Gasteiger partial charge in [-0.15, -0.1) is 0 Å². The average molecular weight is 382 g/mol. The number of nitrogens with one attached hydrogen (secondary N) is 1. The quantitative estimate of drug-likeness (QED) is 0.685. The molecule has 27 heavy (non-hydrogen) atoms. The maximum Gasteiger partial charge on any atom is 0.199 e. The summed E-state index contributed by atoms with van der Waals surface area (Å²) < 4.78 is 13.5. The average Bonchev–Trinajstić information content (AvgIpc) is 3.07. The molecule has 0 fully saturated rings. The van der Waals surface area contributed by atoms with Crippen LogP contribution in [0.3, 0.4) is 0 Å². The Hall–Kier alpha value is -2.64. The van der Waals surface area contributed by atoms with Crippen LogP contribution in [0.15, 0.2) is 42.5 Å². The first-order valence-electron chi connectivity index (χ1n) is 8.87. The standard InChI is InChI=1S/C20H22N4O2S/c1-25-17-10-14-8-9-23(12-15(14)11-18(17)26-2)13-19-21-22-20(27)24(19)16-6-4-3-5-7-16/h3-7,10-11H,8-9,12-13H2,1-2H3,(H,22,27). The number of H-pyrrole nitrogens is 1. The SMILES string of the molecule is COc1cc2c(cc1OC)CN(Cc1n[nH]c(=S)n1-c1ccccc1)CC2. The lowest BCUT2D eigenvalue weighted by atomic mass is 9.99. The Morgan fingerprint density at radius 3 is 2.48 bits per heavy atom. The van der Waals surface area contributed by atoms with E-state index in [1.807, 2.05) is 34.9 Å². The molecule has 1 aliphatic heterocycles. The molecule has 4 rings (SSSR count). The van der Waals surface area contributed by atoms with Crippen LogP contribution in [0.5, 0.6) is 11.5 Å².